The van der Waals surface area contributed by atoms with Crippen LogP contribution in [-0.2, 0) is 0 Å². The van der Waals surface area contributed by atoms with Crippen molar-refractivity contribution in [2.45, 2.75) is 17.8 Å². The van der Waals surface area contributed by atoms with Gasteiger partial charge in [0.05, 0.1) is 0 Å². The van der Waals surface area contributed by atoms with Crippen molar-refractivity contribution in [3.63, 3.8) is 0 Å². The van der Waals surface area contributed by atoms with Gasteiger partial charge in [-0.05, 0) is 0 Å². The van der Waals surface area contributed by atoms with E-state index < -0.39 is 0 Å². The molecular weight excluding hydrogens is 377 g/mol. The second-order valence-corrected chi connectivity index (χ2v) is 8.94. The Bertz CT molecular complexity index is 844. The predicted octanol–water partition coefficient (Wildman–Crippen LogP) is 2.35. The molecule has 2 unspecified atom stereocenters. The summed E-state index contributed by atoms with van der Waals surface area (Å²) in [6.07, 6.45) is 3.59. The second-order valence-electron chi connectivity index (χ2n) is 6.39. The topological polar surface area (TPSA) is 46.2 Å². The fourth-order valence-corrected chi connectivity index (χ4v) is 6.19. The molecule has 4 heteroatoms. The van der Waals surface area contributed by atoms with Crippen LogP contribution in [0.1, 0.15) is 33.6 Å². The van der Waals surface area contributed by atoms with Crippen LogP contribution in [-0.4, -0.2) is 38.0 Å². The number of hydrogen-bond acceptors (Lipinski definition) is 3. The van der Waals surface area contributed by atoms with E-state index in [0.717, 1.165) is 19.4 Å². The molecule has 0 saturated carbocycles. The molecule has 2 aromatic rings. The summed E-state index contributed by atoms with van der Waals surface area (Å²) in [7, 11) is 0. The maximum atomic E-state index is 13.0. The van der Waals surface area contributed by atoms with Crippen molar-refractivity contribution in [2.75, 3.05) is 6.54 Å². The minimum atomic E-state index is -0.0401. The summed E-state index contributed by atoms with van der Waals surface area (Å²) in [5.41, 5.74) is 1.78. The third-order valence-corrected chi connectivity index (χ3v) is 7.51. The van der Waals surface area contributed by atoms with E-state index in [0.29, 0.717) is 16.7 Å². The van der Waals surface area contributed by atoms with Crippen molar-refractivity contribution in [1.82, 2.24) is 5.32 Å². The zero-order chi connectivity index (χ0) is 17.2. The molecule has 0 aromatic heterocycles. The van der Waals surface area contributed by atoms with Gasteiger partial charge in [0.15, 0.2) is 0 Å². The van der Waals surface area contributed by atoms with E-state index in [1.807, 2.05) is 18.2 Å². The molecule has 1 saturated heterocycles. The number of rotatable bonds is 3. The Morgan fingerprint density at radius 3 is 2.44 bits per heavy atom. The first-order chi connectivity index (χ1) is 12.2. The third-order valence-electron chi connectivity index (χ3n) is 4.79. The molecule has 4 rings (SSSR count). The van der Waals surface area contributed by atoms with Crippen LogP contribution in [0, 0.1) is 5.92 Å². The van der Waals surface area contributed by atoms with Gasteiger partial charge in [-0.15, -0.1) is 0 Å². The van der Waals surface area contributed by atoms with Gasteiger partial charge in [-0.1, -0.05) is 0 Å². The van der Waals surface area contributed by atoms with Crippen LogP contribution in [0.4, 0.5) is 0 Å². The van der Waals surface area contributed by atoms with Crippen LogP contribution in [0.5, 0.6) is 0 Å². The molecule has 1 aliphatic heterocycles. The summed E-state index contributed by atoms with van der Waals surface area (Å²) in [5.74, 6) is 0.0956. The molecule has 1 heterocycles. The summed E-state index contributed by atoms with van der Waals surface area (Å²) in [4.78, 5) is 25.8. The van der Waals surface area contributed by atoms with Gasteiger partial charge in [0.2, 0.25) is 0 Å². The van der Waals surface area contributed by atoms with E-state index in [9.17, 15) is 9.59 Å². The van der Waals surface area contributed by atoms with Crippen molar-refractivity contribution in [2.24, 2.45) is 5.92 Å². The van der Waals surface area contributed by atoms with Crippen LogP contribution in [0.15, 0.2) is 66.2 Å². The molecule has 3 nitrogen and oxygen atoms in total. The Kier molecular flexibility index (Phi) is 4.67. The van der Waals surface area contributed by atoms with E-state index in [-0.39, 0.29) is 37.4 Å². The van der Waals surface area contributed by atoms with E-state index in [1.165, 1.54) is 4.46 Å². The summed E-state index contributed by atoms with van der Waals surface area (Å²) >= 11 is 0.216. The van der Waals surface area contributed by atoms with Crippen LogP contribution in [0.3, 0.4) is 0 Å². The molecule has 0 spiro atoms. The molecule has 1 fully saturated rings. The van der Waals surface area contributed by atoms with Crippen LogP contribution in [0.25, 0.3) is 0 Å². The standard InChI is InChI=1S/C21H19NO2Se/c23-19-13-18(20(24)16-10-5-4-9-15(16)19)17-11-6-12-22-21(17)25-14-7-2-1-3-8-14/h1-5,7-10,13,17,21-22H,6,11-12H2. The molecule has 1 aliphatic carbocycles. The zero-order valence-electron chi connectivity index (χ0n) is 13.8. The monoisotopic (exact) mass is 397 g/mol. The van der Waals surface area contributed by atoms with Crippen LogP contribution in [0.2, 0.25) is 0 Å². The first-order valence-corrected chi connectivity index (χ1v) is 10.4. The Hall–Kier alpha value is -2.00. The van der Waals surface area contributed by atoms with Gasteiger partial charge < -0.3 is 0 Å². The number of carbonyl (C=O) groups is 2. The van der Waals surface area contributed by atoms with Crippen LogP contribution >= 0.6 is 0 Å². The normalized spacial score (nSPS) is 23.1. The molecule has 1 N–H and O–H groups in total. The van der Waals surface area contributed by atoms with Gasteiger partial charge in [0.1, 0.15) is 0 Å². The molecular formula is C21H19NO2Se. The Morgan fingerprint density at radius 1 is 0.920 bits per heavy atom. The Balaban J connectivity index is 1.65. The van der Waals surface area contributed by atoms with E-state index in [4.69, 9.17) is 0 Å². The van der Waals surface area contributed by atoms with Crippen molar-refractivity contribution in [1.29, 1.82) is 0 Å². The quantitative estimate of drug-likeness (QED) is 0.811. The van der Waals surface area contributed by atoms with Gasteiger partial charge in [0.25, 0.3) is 0 Å². The van der Waals surface area contributed by atoms with E-state index >= 15 is 0 Å². The number of piperidine rings is 1. The van der Waals surface area contributed by atoms with Crippen molar-refractivity contribution < 1.29 is 9.59 Å². The summed E-state index contributed by atoms with van der Waals surface area (Å²) in [6.45, 7) is 0.974. The predicted molar refractivity (Wildman–Crippen MR) is 99.5 cm³/mol. The number of nitrogens with one attached hydrogen (secondary N) is 1. The first kappa shape index (κ1) is 16.5. The second kappa shape index (κ2) is 7.09. The zero-order valence-corrected chi connectivity index (χ0v) is 15.5. The van der Waals surface area contributed by atoms with E-state index in [1.54, 1.807) is 18.2 Å². The van der Waals surface area contributed by atoms with Crippen LogP contribution < -0.4 is 9.78 Å². The number of benzene rings is 2. The molecule has 2 aliphatic rings. The number of fused-ring (bicyclic) bond motifs is 1. The van der Waals surface area contributed by atoms with Gasteiger partial charge in [-0.25, -0.2) is 0 Å². The maximum absolute atomic E-state index is 13.0. The number of carbonyl (C=O) groups excluding carboxylic acids is 2. The minimum absolute atomic E-state index is 0.0257. The van der Waals surface area contributed by atoms with Gasteiger partial charge in [-0.2, -0.15) is 0 Å². The number of hydrogen-bond donors (Lipinski definition) is 1. The number of Topliss-reactive ketones (excluding diaryl/α,β-unsaturated/α-hetero) is 1. The van der Waals surface area contributed by atoms with Crippen molar-refractivity contribution >= 4 is 31.0 Å². The fourth-order valence-electron chi connectivity index (χ4n) is 3.56. The molecule has 2 aromatic carbocycles. The summed E-state index contributed by atoms with van der Waals surface area (Å²) < 4.78 is 1.31. The molecule has 0 amide bonds. The average Bonchev–Trinajstić information content (AvgIpc) is 2.66. The van der Waals surface area contributed by atoms with Crippen molar-refractivity contribution in [3.05, 3.63) is 77.4 Å². The van der Waals surface area contributed by atoms with Crippen molar-refractivity contribution in [3.8, 4) is 0 Å². The van der Waals surface area contributed by atoms with E-state index in [2.05, 4.69) is 29.6 Å². The Labute approximate surface area is 153 Å². The molecule has 25 heavy (non-hydrogen) atoms. The van der Waals surface area contributed by atoms with Gasteiger partial charge in [-0.3, -0.25) is 0 Å². The molecule has 0 radical (unpaired) electrons. The molecule has 0 bridgehead atoms. The SMILES string of the molecule is O=C1C=C(C2CCCNC2[Se]c2ccccc2)C(=O)c2ccccc21. The number of ketones is 2. The fraction of sp³-hybridized carbons (Fsp3) is 0.238. The summed E-state index contributed by atoms with van der Waals surface area (Å²) in [6, 6.07) is 17.6. The van der Waals surface area contributed by atoms with Gasteiger partial charge >= 0.3 is 154 Å². The first-order valence-electron chi connectivity index (χ1n) is 8.59. The third kappa shape index (κ3) is 3.25. The average molecular weight is 396 g/mol. The van der Waals surface area contributed by atoms with Gasteiger partial charge in [0, 0.05) is 0 Å². The molecule has 126 valence electrons. The Morgan fingerprint density at radius 2 is 1.64 bits per heavy atom. The molecule has 2 atom stereocenters. The summed E-state index contributed by atoms with van der Waals surface area (Å²) in [5, 5.41) is 3.60. The number of allylic oxidation sites excluding steroid dienone is 1.